The normalized spacial score (nSPS) is 17.2. The van der Waals surface area contributed by atoms with Gasteiger partial charge in [0, 0.05) is 16.1 Å². The smallest absolute Gasteiger partial charge is 0.312 e. The van der Waals surface area contributed by atoms with Gasteiger partial charge >= 0.3 is 12.0 Å². The zero-order valence-electron chi connectivity index (χ0n) is 17.4. The van der Waals surface area contributed by atoms with Crippen molar-refractivity contribution in [2.24, 2.45) is 5.73 Å². The van der Waals surface area contributed by atoms with Crippen LogP contribution in [0.2, 0.25) is 5.02 Å². The third kappa shape index (κ3) is 6.80. The molecule has 33 heavy (non-hydrogen) atoms. The second-order valence-corrected chi connectivity index (χ2v) is 9.67. The zero-order chi connectivity index (χ0) is 24.0. The third-order valence-electron chi connectivity index (χ3n) is 4.86. The van der Waals surface area contributed by atoms with Crippen LogP contribution >= 0.6 is 11.6 Å². The van der Waals surface area contributed by atoms with Crippen LogP contribution in [0.5, 0.6) is 0 Å². The maximum Gasteiger partial charge on any atom is 0.312 e. The van der Waals surface area contributed by atoms with Crippen molar-refractivity contribution in [2.45, 2.75) is 18.5 Å². The summed E-state index contributed by atoms with van der Waals surface area (Å²) in [6.07, 6.45) is 1.15. The summed E-state index contributed by atoms with van der Waals surface area (Å²) in [5.74, 6) is -1.60. The number of benzene rings is 2. The molecule has 1 heterocycles. The summed E-state index contributed by atoms with van der Waals surface area (Å²) in [5.41, 5.74) is 6.26. The fourth-order valence-corrected chi connectivity index (χ4v) is 4.78. The summed E-state index contributed by atoms with van der Waals surface area (Å²) >= 11 is 5.88. The van der Waals surface area contributed by atoms with Crippen molar-refractivity contribution in [2.75, 3.05) is 17.3 Å². The standard InChI is InChI=1S/C22H22ClN3O6S/c23-16-8-6-15(7-9-16)19(25-22(24)29)12-21(28)32-13-20(27)26(17-4-2-1-3-5-17)18-10-11-33(30,31)14-18/h1-11,18-19H,12-14H2,(H3,24,25,29). The SMILES string of the molecule is NC(=O)NC(CC(=O)OCC(=O)N(c1ccccc1)C1C=CS(=O)(=O)C1)c1ccc(Cl)cc1. The summed E-state index contributed by atoms with van der Waals surface area (Å²) in [7, 11) is -3.42. The van der Waals surface area contributed by atoms with Crippen LogP contribution in [0.4, 0.5) is 10.5 Å². The lowest BCUT2D eigenvalue weighted by Gasteiger charge is -2.27. The highest BCUT2D eigenvalue weighted by atomic mass is 35.5. The van der Waals surface area contributed by atoms with Crippen molar-refractivity contribution in [3.05, 3.63) is 76.7 Å². The van der Waals surface area contributed by atoms with E-state index in [1.807, 2.05) is 0 Å². The number of nitrogens with two attached hydrogens (primary N) is 1. The number of halogens is 1. The maximum atomic E-state index is 12.9. The lowest BCUT2D eigenvalue weighted by Crippen LogP contribution is -2.43. The summed E-state index contributed by atoms with van der Waals surface area (Å²) in [6.45, 7) is -0.609. The van der Waals surface area contributed by atoms with Crippen molar-refractivity contribution in [3.63, 3.8) is 0 Å². The van der Waals surface area contributed by atoms with Crippen LogP contribution in [0, 0.1) is 0 Å². The average molecular weight is 492 g/mol. The number of rotatable bonds is 8. The Labute approximate surface area is 196 Å². The molecule has 0 radical (unpaired) electrons. The van der Waals surface area contributed by atoms with E-state index >= 15 is 0 Å². The first-order chi connectivity index (χ1) is 15.6. The molecule has 2 atom stereocenters. The molecule has 3 rings (SSSR count). The monoisotopic (exact) mass is 491 g/mol. The first-order valence-electron chi connectivity index (χ1n) is 9.90. The first kappa shape index (κ1) is 24.3. The number of sulfone groups is 1. The summed E-state index contributed by atoms with van der Waals surface area (Å²) < 4.78 is 28.9. The lowest BCUT2D eigenvalue weighted by atomic mass is 10.0. The second kappa shape index (κ2) is 10.5. The molecular weight excluding hydrogens is 470 g/mol. The van der Waals surface area contributed by atoms with Crippen LogP contribution in [0.15, 0.2) is 66.1 Å². The van der Waals surface area contributed by atoms with Crippen LogP contribution in [-0.2, 0) is 24.2 Å². The molecule has 174 valence electrons. The number of anilines is 1. The predicted octanol–water partition coefficient (Wildman–Crippen LogP) is 2.33. The Kier molecular flexibility index (Phi) is 7.72. The quantitative estimate of drug-likeness (QED) is 0.544. The van der Waals surface area contributed by atoms with E-state index < -0.39 is 46.4 Å². The number of para-hydroxylation sites is 1. The van der Waals surface area contributed by atoms with Gasteiger partial charge in [-0.15, -0.1) is 0 Å². The molecule has 2 unspecified atom stereocenters. The molecule has 0 fully saturated rings. The Bertz CT molecular complexity index is 1150. The predicted molar refractivity (Wildman–Crippen MR) is 123 cm³/mol. The molecule has 9 nitrogen and oxygen atoms in total. The average Bonchev–Trinajstić information content (AvgIpc) is 3.12. The number of urea groups is 1. The summed E-state index contributed by atoms with van der Waals surface area (Å²) in [6, 6.07) is 12.6. The van der Waals surface area contributed by atoms with Gasteiger partial charge in [-0.25, -0.2) is 13.2 Å². The van der Waals surface area contributed by atoms with Gasteiger partial charge < -0.3 is 20.7 Å². The van der Waals surface area contributed by atoms with Crippen molar-refractivity contribution in [1.29, 1.82) is 0 Å². The van der Waals surface area contributed by atoms with Gasteiger partial charge in [0.2, 0.25) is 0 Å². The number of carbonyl (C=O) groups excluding carboxylic acids is 3. The van der Waals surface area contributed by atoms with Crippen LogP contribution < -0.4 is 16.0 Å². The number of amides is 3. The number of ether oxygens (including phenoxy) is 1. The largest absolute Gasteiger partial charge is 0.455 e. The van der Waals surface area contributed by atoms with Crippen molar-refractivity contribution in [3.8, 4) is 0 Å². The minimum Gasteiger partial charge on any atom is -0.455 e. The van der Waals surface area contributed by atoms with Gasteiger partial charge in [0.15, 0.2) is 16.4 Å². The minimum absolute atomic E-state index is 0.261. The zero-order valence-corrected chi connectivity index (χ0v) is 19.0. The van der Waals surface area contributed by atoms with Gasteiger partial charge in [-0.05, 0) is 35.9 Å². The Balaban J connectivity index is 1.68. The van der Waals surface area contributed by atoms with E-state index in [-0.39, 0.29) is 12.2 Å². The first-order valence-corrected chi connectivity index (χ1v) is 12.0. The van der Waals surface area contributed by atoms with Gasteiger partial charge in [0.1, 0.15) is 0 Å². The molecule has 11 heteroatoms. The topological polar surface area (TPSA) is 136 Å². The third-order valence-corrected chi connectivity index (χ3v) is 6.49. The molecule has 0 aromatic heterocycles. The molecule has 0 spiro atoms. The molecule has 0 bridgehead atoms. The number of primary amides is 1. The number of esters is 1. The number of hydrogen-bond donors (Lipinski definition) is 2. The van der Waals surface area contributed by atoms with Crippen molar-refractivity contribution >= 4 is 45.0 Å². The van der Waals surface area contributed by atoms with Gasteiger partial charge in [-0.3, -0.25) is 9.59 Å². The number of nitrogens with one attached hydrogen (secondary N) is 1. The molecule has 0 saturated carbocycles. The molecule has 3 amide bonds. The maximum absolute atomic E-state index is 12.9. The van der Waals surface area contributed by atoms with Crippen LogP contribution in [0.3, 0.4) is 0 Å². The van der Waals surface area contributed by atoms with Crippen LogP contribution in [-0.4, -0.2) is 44.7 Å². The molecule has 2 aromatic rings. The molecule has 0 saturated heterocycles. The molecule has 1 aliphatic rings. The van der Waals surface area contributed by atoms with E-state index in [0.29, 0.717) is 16.3 Å². The van der Waals surface area contributed by atoms with Crippen molar-refractivity contribution in [1.82, 2.24) is 5.32 Å². The summed E-state index contributed by atoms with van der Waals surface area (Å²) in [5, 5.41) is 4.01. The van der Waals surface area contributed by atoms with Crippen LogP contribution in [0.1, 0.15) is 18.0 Å². The highest BCUT2D eigenvalue weighted by Gasteiger charge is 2.32. The highest BCUT2D eigenvalue weighted by molar-refractivity contribution is 7.94. The molecule has 0 aliphatic carbocycles. The van der Waals surface area contributed by atoms with Crippen LogP contribution in [0.25, 0.3) is 0 Å². The highest BCUT2D eigenvalue weighted by Crippen LogP contribution is 2.23. The van der Waals surface area contributed by atoms with Gasteiger partial charge in [0.25, 0.3) is 5.91 Å². The molecule has 3 N–H and O–H groups in total. The van der Waals surface area contributed by atoms with E-state index in [0.717, 1.165) is 5.41 Å². The van der Waals surface area contributed by atoms with E-state index in [1.54, 1.807) is 54.6 Å². The second-order valence-electron chi connectivity index (χ2n) is 7.30. The Morgan fingerprint density at radius 3 is 2.36 bits per heavy atom. The number of nitrogens with zero attached hydrogens (tertiary/aromatic N) is 1. The van der Waals surface area contributed by atoms with E-state index in [4.69, 9.17) is 22.1 Å². The molecule has 1 aliphatic heterocycles. The minimum atomic E-state index is -3.42. The Morgan fingerprint density at radius 1 is 1.12 bits per heavy atom. The van der Waals surface area contributed by atoms with Gasteiger partial charge in [-0.2, -0.15) is 0 Å². The number of hydrogen-bond acceptors (Lipinski definition) is 6. The van der Waals surface area contributed by atoms with Crippen molar-refractivity contribution < 1.29 is 27.5 Å². The fraction of sp³-hybridized carbons (Fsp3) is 0.227. The lowest BCUT2D eigenvalue weighted by molar-refractivity contribution is -0.148. The van der Waals surface area contributed by atoms with E-state index in [2.05, 4.69) is 5.32 Å². The van der Waals surface area contributed by atoms with E-state index in [9.17, 15) is 22.8 Å². The Morgan fingerprint density at radius 2 is 1.79 bits per heavy atom. The summed E-state index contributed by atoms with van der Waals surface area (Å²) in [4.78, 5) is 38.0. The fourth-order valence-electron chi connectivity index (χ4n) is 3.39. The van der Waals surface area contributed by atoms with Gasteiger partial charge in [-0.1, -0.05) is 41.9 Å². The Hall–Kier alpha value is -3.37. The van der Waals surface area contributed by atoms with E-state index in [1.165, 1.54) is 11.0 Å². The van der Waals surface area contributed by atoms with Gasteiger partial charge in [0.05, 0.1) is 24.3 Å². The molecular formula is C22H22ClN3O6S. The molecule has 2 aromatic carbocycles. The number of carbonyl (C=O) groups is 3.